The number of anilines is 1. The molecule has 0 aliphatic carbocycles. The lowest BCUT2D eigenvalue weighted by Gasteiger charge is -2.29. The molecule has 2 atom stereocenters. The Morgan fingerprint density at radius 3 is 2.15 bits per heavy atom. The van der Waals surface area contributed by atoms with Crippen molar-refractivity contribution in [2.75, 3.05) is 11.9 Å². The summed E-state index contributed by atoms with van der Waals surface area (Å²) < 4.78 is 51.0. The summed E-state index contributed by atoms with van der Waals surface area (Å²) in [5.74, 6) is -2.99. The molecule has 0 spiro atoms. The quantitative estimate of drug-likeness (QED) is 0.223. The molecule has 0 aliphatic rings. The molecular weight excluding hydrogens is 611 g/mol. The third-order valence-electron chi connectivity index (χ3n) is 6.34. The Bertz CT molecular complexity index is 1520. The van der Waals surface area contributed by atoms with Crippen LogP contribution in [0, 0.1) is 0 Å². The van der Waals surface area contributed by atoms with E-state index in [4.69, 9.17) is 9.47 Å². The molecule has 4 N–H and O–H groups in total. The third-order valence-corrected chi connectivity index (χ3v) is 6.34. The smallest absolute Gasteiger partial charge is 0.416 e. The van der Waals surface area contributed by atoms with Gasteiger partial charge in [-0.1, -0.05) is 42.5 Å². The van der Waals surface area contributed by atoms with E-state index in [2.05, 4.69) is 20.9 Å². The highest BCUT2D eigenvalue weighted by molar-refractivity contribution is 5.98. The fourth-order valence-corrected chi connectivity index (χ4v) is 4.06. The van der Waals surface area contributed by atoms with Crippen molar-refractivity contribution in [2.45, 2.75) is 70.6 Å². The second-order valence-electron chi connectivity index (χ2n) is 11.8. The number of hydrogen-bond donors (Lipinski definition) is 4. The van der Waals surface area contributed by atoms with E-state index >= 15 is 0 Å². The highest BCUT2D eigenvalue weighted by atomic mass is 19.4. The normalized spacial score (nSPS) is 13.3. The Kier molecular flexibility index (Phi) is 11.2. The molecule has 12 nitrogen and oxygen atoms in total. The summed E-state index contributed by atoms with van der Waals surface area (Å²) in [6, 6.07) is 9.93. The van der Waals surface area contributed by atoms with Crippen molar-refractivity contribution >= 4 is 29.7 Å². The lowest BCUT2D eigenvalue weighted by Crippen LogP contribution is -2.59. The molecule has 248 valence electrons. The number of rotatable bonds is 12. The Hall–Kier alpha value is -4.92. The van der Waals surface area contributed by atoms with Crippen LogP contribution < -0.4 is 16.0 Å². The number of aromatic nitrogens is 2. The minimum atomic E-state index is -4.60. The third kappa shape index (κ3) is 10.3. The molecule has 0 bridgehead atoms. The fourth-order valence-electron chi connectivity index (χ4n) is 4.06. The van der Waals surface area contributed by atoms with Crippen LogP contribution in [0.2, 0.25) is 0 Å². The van der Waals surface area contributed by atoms with Gasteiger partial charge >= 0.3 is 18.2 Å². The average molecular weight is 648 g/mol. The standard InChI is InChI=1S/C31H36F3N5O7/c1-29(2,3)46-28(44)38-30(4,5)27(43)36-22(17-45-16-19-9-7-6-8-10-19)25(40)37-23-15-39(18-35-23)24(26(41)42)20-11-13-21(14-12-20)31(32,33)34/h6-15,18,22,24H,16-17H2,1-5H3,(H,36,43)(H,37,40)(H,38,44)(H,41,42)/t22-,24?/m1/s1. The summed E-state index contributed by atoms with van der Waals surface area (Å²) in [7, 11) is 0. The molecule has 1 heterocycles. The van der Waals surface area contributed by atoms with Gasteiger partial charge in [0.05, 0.1) is 25.1 Å². The zero-order valence-electron chi connectivity index (χ0n) is 25.8. The van der Waals surface area contributed by atoms with Crippen molar-refractivity contribution in [1.29, 1.82) is 0 Å². The maximum absolute atomic E-state index is 13.4. The number of carboxylic acids is 1. The lowest BCUT2D eigenvalue weighted by atomic mass is 10.0. The number of carboxylic acid groups (broad SMARTS) is 1. The van der Waals surface area contributed by atoms with Gasteiger partial charge in [0.25, 0.3) is 5.91 Å². The summed E-state index contributed by atoms with van der Waals surface area (Å²) in [5, 5.41) is 17.3. The lowest BCUT2D eigenvalue weighted by molar-refractivity contribution is -0.139. The summed E-state index contributed by atoms with van der Waals surface area (Å²) in [6.45, 7) is 7.64. The number of carbonyl (C=O) groups is 4. The van der Waals surface area contributed by atoms with Crippen LogP contribution >= 0.6 is 0 Å². The van der Waals surface area contributed by atoms with Gasteiger partial charge in [-0.05, 0) is 57.9 Å². The van der Waals surface area contributed by atoms with Crippen LogP contribution in [0.15, 0.2) is 67.1 Å². The van der Waals surface area contributed by atoms with Gasteiger partial charge in [-0.15, -0.1) is 0 Å². The van der Waals surface area contributed by atoms with Gasteiger partial charge in [0.1, 0.15) is 17.2 Å². The first kappa shape index (κ1) is 35.6. The van der Waals surface area contributed by atoms with E-state index in [0.29, 0.717) is 0 Å². The number of imidazole rings is 1. The number of nitrogens with one attached hydrogen (secondary N) is 3. The topological polar surface area (TPSA) is 161 Å². The largest absolute Gasteiger partial charge is 0.479 e. The maximum atomic E-state index is 13.4. The molecule has 0 saturated carbocycles. The molecule has 0 aliphatic heterocycles. The van der Waals surface area contributed by atoms with Crippen molar-refractivity contribution in [3.63, 3.8) is 0 Å². The van der Waals surface area contributed by atoms with E-state index in [0.717, 1.165) is 40.7 Å². The van der Waals surface area contributed by atoms with Gasteiger partial charge < -0.3 is 35.1 Å². The van der Waals surface area contributed by atoms with Crippen LogP contribution in [-0.2, 0) is 36.6 Å². The van der Waals surface area contributed by atoms with Crippen LogP contribution in [0.3, 0.4) is 0 Å². The van der Waals surface area contributed by atoms with Crippen molar-refractivity contribution < 1.29 is 46.9 Å². The number of nitrogens with zero attached hydrogens (tertiary/aromatic N) is 2. The molecule has 0 radical (unpaired) electrons. The number of amides is 3. The molecule has 15 heteroatoms. The first-order valence-corrected chi connectivity index (χ1v) is 14.0. The van der Waals surface area contributed by atoms with Crippen LogP contribution in [0.1, 0.15) is 57.4 Å². The summed E-state index contributed by atoms with van der Waals surface area (Å²) in [5.41, 5.74) is -2.43. The molecule has 3 rings (SSSR count). The van der Waals surface area contributed by atoms with Crippen LogP contribution in [0.4, 0.5) is 23.8 Å². The monoisotopic (exact) mass is 647 g/mol. The Morgan fingerprint density at radius 2 is 1.59 bits per heavy atom. The van der Waals surface area contributed by atoms with Gasteiger partial charge in [-0.25, -0.2) is 14.6 Å². The van der Waals surface area contributed by atoms with Crippen LogP contribution in [-0.4, -0.2) is 62.3 Å². The van der Waals surface area contributed by atoms with E-state index in [1.807, 2.05) is 18.2 Å². The van der Waals surface area contributed by atoms with Crippen molar-refractivity contribution in [2.24, 2.45) is 0 Å². The van der Waals surface area contributed by atoms with Gasteiger partial charge in [0.2, 0.25) is 5.91 Å². The predicted molar refractivity (Wildman–Crippen MR) is 160 cm³/mol. The van der Waals surface area contributed by atoms with Gasteiger partial charge in [0, 0.05) is 6.20 Å². The second kappa shape index (κ2) is 14.5. The van der Waals surface area contributed by atoms with E-state index in [9.17, 15) is 37.5 Å². The number of halogens is 3. The van der Waals surface area contributed by atoms with Crippen LogP contribution in [0.25, 0.3) is 0 Å². The number of ether oxygens (including phenoxy) is 2. The molecule has 1 unspecified atom stereocenters. The molecule has 2 aromatic carbocycles. The minimum Gasteiger partial charge on any atom is -0.479 e. The van der Waals surface area contributed by atoms with E-state index < -0.39 is 58.8 Å². The van der Waals surface area contributed by atoms with Crippen molar-refractivity contribution in [1.82, 2.24) is 20.2 Å². The van der Waals surface area contributed by atoms with E-state index in [1.54, 1.807) is 32.9 Å². The first-order valence-electron chi connectivity index (χ1n) is 14.0. The van der Waals surface area contributed by atoms with Gasteiger partial charge in [-0.3, -0.25) is 9.59 Å². The fraction of sp³-hybridized carbons (Fsp3) is 0.387. The van der Waals surface area contributed by atoms with Gasteiger partial charge in [-0.2, -0.15) is 13.2 Å². The van der Waals surface area contributed by atoms with E-state index in [1.165, 1.54) is 20.0 Å². The second-order valence-corrected chi connectivity index (χ2v) is 11.8. The maximum Gasteiger partial charge on any atom is 0.416 e. The number of benzene rings is 2. The summed E-state index contributed by atoms with van der Waals surface area (Å²) >= 11 is 0. The summed E-state index contributed by atoms with van der Waals surface area (Å²) in [4.78, 5) is 55.0. The highest BCUT2D eigenvalue weighted by Crippen LogP contribution is 2.31. The zero-order valence-corrected chi connectivity index (χ0v) is 25.8. The number of carbonyl (C=O) groups excluding carboxylic acids is 3. The number of aliphatic carboxylic acids is 1. The highest BCUT2D eigenvalue weighted by Gasteiger charge is 2.35. The zero-order chi connectivity index (χ0) is 34.3. The SMILES string of the molecule is CC(C)(C)OC(=O)NC(C)(C)C(=O)N[C@H](COCc1ccccc1)C(=O)Nc1cn(C(C(=O)O)c2ccc(C(F)(F)F)cc2)cn1. The van der Waals surface area contributed by atoms with Crippen LogP contribution in [0.5, 0.6) is 0 Å². The number of alkyl carbamates (subject to hydrolysis) is 1. The molecule has 0 saturated heterocycles. The molecule has 3 aromatic rings. The van der Waals surface area contributed by atoms with E-state index in [-0.39, 0.29) is 24.6 Å². The molecule has 3 amide bonds. The molecule has 46 heavy (non-hydrogen) atoms. The molecule has 0 fully saturated rings. The van der Waals surface area contributed by atoms with Gasteiger partial charge in [0.15, 0.2) is 11.9 Å². The Balaban J connectivity index is 1.77. The Morgan fingerprint density at radius 1 is 0.957 bits per heavy atom. The molecular formula is C31H36F3N5O7. The number of hydrogen-bond acceptors (Lipinski definition) is 7. The Labute approximate surface area is 263 Å². The van der Waals surface area contributed by atoms with Crippen molar-refractivity contribution in [3.05, 3.63) is 83.8 Å². The first-order chi connectivity index (χ1) is 21.4. The average Bonchev–Trinajstić information content (AvgIpc) is 3.38. The predicted octanol–water partition coefficient (Wildman–Crippen LogP) is 4.52. The minimum absolute atomic E-state index is 0.0370. The number of alkyl halides is 3. The van der Waals surface area contributed by atoms with Crippen molar-refractivity contribution in [3.8, 4) is 0 Å². The summed E-state index contributed by atoms with van der Waals surface area (Å²) in [6.07, 6.45) is -3.16. The molecule has 1 aromatic heterocycles.